The van der Waals surface area contributed by atoms with Crippen molar-refractivity contribution < 1.29 is 9.47 Å². The molecule has 4 heteroatoms. The van der Waals surface area contributed by atoms with Crippen molar-refractivity contribution in [1.29, 1.82) is 0 Å². The summed E-state index contributed by atoms with van der Waals surface area (Å²) in [6.45, 7) is 5.12. The van der Waals surface area contributed by atoms with Crippen LogP contribution in [0.3, 0.4) is 0 Å². The molecule has 1 aromatic rings. The number of nitrogens with two attached hydrogens (primary N) is 1. The van der Waals surface area contributed by atoms with Gasteiger partial charge in [0.1, 0.15) is 0 Å². The molecule has 1 saturated carbocycles. The summed E-state index contributed by atoms with van der Waals surface area (Å²) in [6.07, 6.45) is 3.64. The Bertz CT molecular complexity index is 384. The Morgan fingerprint density at radius 2 is 1.75 bits per heavy atom. The van der Waals surface area contributed by atoms with Gasteiger partial charge in [-0.1, -0.05) is 30.7 Å². The zero-order valence-corrected chi connectivity index (χ0v) is 12.5. The van der Waals surface area contributed by atoms with Crippen molar-refractivity contribution in [3.63, 3.8) is 0 Å². The predicted octanol–water partition coefficient (Wildman–Crippen LogP) is 2.86. The summed E-state index contributed by atoms with van der Waals surface area (Å²) in [4.78, 5) is 0. The minimum absolute atomic E-state index is 0.148. The van der Waals surface area contributed by atoms with E-state index in [0.717, 1.165) is 11.5 Å². The van der Waals surface area contributed by atoms with E-state index >= 15 is 0 Å². The van der Waals surface area contributed by atoms with Crippen LogP contribution in [0.25, 0.3) is 0 Å². The summed E-state index contributed by atoms with van der Waals surface area (Å²) in [5.74, 6) is 6.44. The lowest BCUT2D eigenvalue weighted by Crippen LogP contribution is -2.39. The van der Waals surface area contributed by atoms with Crippen LogP contribution >= 0.6 is 0 Å². The first-order chi connectivity index (χ1) is 9.80. The van der Waals surface area contributed by atoms with Gasteiger partial charge in [-0.25, -0.2) is 5.43 Å². The van der Waals surface area contributed by atoms with E-state index in [9.17, 15) is 0 Å². The molecule has 0 aliphatic heterocycles. The molecule has 0 aromatic heterocycles. The van der Waals surface area contributed by atoms with E-state index in [4.69, 9.17) is 15.3 Å². The van der Waals surface area contributed by atoms with Gasteiger partial charge in [-0.05, 0) is 43.7 Å². The highest BCUT2D eigenvalue weighted by molar-refractivity contribution is 5.28. The highest BCUT2D eigenvalue weighted by Gasteiger charge is 2.24. The maximum atomic E-state index is 5.69. The molecule has 3 N–H and O–H groups in total. The van der Waals surface area contributed by atoms with Crippen molar-refractivity contribution in [3.8, 4) is 0 Å². The molecule has 0 bridgehead atoms. The van der Waals surface area contributed by atoms with E-state index in [1.54, 1.807) is 0 Å². The molecule has 0 radical (unpaired) electrons. The Balaban J connectivity index is 2.08. The summed E-state index contributed by atoms with van der Waals surface area (Å²) >= 11 is 0. The number of hydrazine groups is 1. The van der Waals surface area contributed by atoms with Crippen molar-refractivity contribution in [1.82, 2.24) is 5.43 Å². The Hall–Kier alpha value is -0.940. The normalized spacial score (nSPS) is 17.2. The second-order valence-electron chi connectivity index (χ2n) is 5.22. The Morgan fingerprint density at radius 3 is 2.15 bits per heavy atom. The van der Waals surface area contributed by atoms with Crippen LogP contribution < -0.4 is 11.3 Å². The third kappa shape index (κ3) is 3.58. The summed E-state index contributed by atoms with van der Waals surface area (Å²) in [5.41, 5.74) is 5.34. The van der Waals surface area contributed by atoms with E-state index < -0.39 is 0 Å². The van der Waals surface area contributed by atoms with Gasteiger partial charge in [-0.15, -0.1) is 0 Å². The molecule has 112 valence electrons. The Labute approximate surface area is 121 Å². The molecule has 1 aromatic carbocycles. The number of benzene rings is 1. The molecule has 1 atom stereocenters. The van der Waals surface area contributed by atoms with Gasteiger partial charge < -0.3 is 9.47 Å². The summed E-state index contributed by atoms with van der Waals surface area (Å²) < 4.78 is 11.3. The zero-order chi connectivity index (χ0) is 14.4. The summed E-state index contributed by atoms with van der Waals surface area (Å²) in [6, 6.07) is 8.52. The molecule has 1 unspecified atom stereocenters. The topological polar surface area (TPSA) is 56.5 Å². The molecule has 0 amide bonds. The molecule has 20 heavy (non-hydrogen) atoms. The number of ether oxygens (including phenoxy) is 2. The first-order valence-electron chi connectivity index (χ1n) is 7.59. The van der Waals surface area contributed by atoms with Gasteiger partial charge in [0.2, 0.25) is 0 Å². The third-order valence-corrected chi connectivity index (χ3v) is 3.99. The predicted molar refractivity (Wildman–Crippen MR) is 80.1 cm³/mol. The summed E-state index contributed by atoms with van der Waals surface area (Å²) in [7, 11) is 0. The van der Waals surface area contributed by atoms with Crippen LogP contribution in [-0.4, -0.2) is 19.5 Å². The molecule has 0 spiro atoms. The van der Waals surface area contributed by atoms with E-state index in [-0.39, 0.29) is 12.3 Å². The monoisotopic (exact) mass is 278 g/mol. The number of hydrogen-bond donors (Lipinski definition) is 2. The van der Waals surface area contributed by atoms with Crippen LogP contribution in [0.5, 0.6) is 0 Å². The number of hydrogen-bond acceptors (Lipinski definition) is 4. The van der Waals surface area contributed by atoms with Crippen LogP contribution in [0.2, 0.25) is 0 Å². The van der Waals surface area contributed by atoms with Crippen molar-refractivity contribution in [2.75, 3.05) is 13.2 Å². The minimum atomic E-state index is -0.357. The fourth-order valence-corrected chi connectivity index (χ4v) is 2.62. The number of rotatable bonds is 8. The fraction of sp³-hybridized carbons (Fsp3) is 0.625. The van der Waals surface area contributed by atoms with Gasteiger partial charge in [0.05, 0.1) is 6.04 Å². The lowest BCUT2D eigenvalue weighted by atomic mass is 9.80. The molecular formula is C16H26N2O2. The third-order valence-electron chi connectivity index (χ3n) is 3.99. The van der Waals surface area contributed by atoms with E-state index in [1.165, 1.54) is 24.8 Å². The van der Waals surface area contributed by atoms with Crippen LogP contribution in [0.15, 0.2) is 24.3 Å². The Kier molecular flexibility index (Phi) is 5.98. The van der Waals surface area contributed by atoms with Crippen LogP contribution in [-0.2, 0) is 9.47 Å². The van der Waals surface area contributed by atoms with Gasteiger partial charge in [0, 0.05) is 13.2 Å². The van der Waals surface area contributed by atoms with Crippen molar-refractivity contribution in [2.24, 2.45) is 5.84 Å². The van der Waals surface area contributed by atoms with Gasteiger partial charge in [-0.2, -0.15) is 0 Å². The highest BCUT2D eigenvalue weighted by Crippen LogP contribution is 2.36. The molecule has 0 heterocycles. The van der Waals surface area contributed by atoms with Crippen LogP contribution in [0.4, 0.5) is 0 Å². The number of nitrogens with one attached hydrogen (secondary N) is 1. The SMILES string of the molecule is CCOC(OCC)C(NN)c1ccc(C2CCC2)cc1. The lowest BCUT2D eigenvalue weighted by Gasteiger charge is -2.28. The molecule has 1 aliphatic rings. The zero-order valence-electron chi connectivity index (χ0n) is 12.5. The second kappa shape index (κ2) is 7.74. The summed E-state index contributed by atoms with van der Waals surface area (Å²) in [5, 5.41) is 0. The molecule has 1 aliphatic carbocycles. The lowest BCUT2D eigenvalue weighted by molar-refractivity contribution is -0.155. The minimum Gasteiger partial charge on any atom is -0.351 e. The van der Waals surface area contributed by atoms with Gasteiger partial charge in [0.15, 0.2) is 6.29 Å². The quantitative estimate of drug-likeness (QED) is 0.436. The van der Waals surface area contributed by atoms with Crippen LogP contribution in [0, 0.1) is 0 Å². The highest BCUT2D eigenvalue weighted by atomic mass is 16.7. The van der Waals surface area contributed by atoms with Crippen molar-refractivity contribution in [3.05, 3.63) is 35.4 Å². The van der Waals surface area contributed by atoms with Gasteiger partial charge >= 0.3 is 0 Å². The molecule has 2 rings (SSSR count). The average Bonchev–Trinajstić information content (AvgIpc) is 2.40. The largest absolute Gasteiger partial charge is 0.351 e. The fourth-order valence-electron chi connectivity index (χ4n) is 2.62. The van der Waals surface area contributed by atoms with Crippen LogP contribution in [0.1, 0.15) is 56.2 Å². The molecule has 1 fully saturated rings. The van der Waals surface area contributed by atoms with Gasteiger partial charge in [-0.3, -0.25) is 5.84 Å². The molecule has 4 nitrogen and oxygen atoms in total. The second-order valence-corrected chi connectivity index (χ2v) is 5.22. The Morgan fingerprint density at radius 1 is 1.15 bits per heavy atom. The van der Waals surface area contributed by atoms with E-state index in [1.807, 2.05) is 13.8 Å². The molecule has 0 saturated heterocycles. The maximum absolute atomic E-state index is 5.69. The molecular weight excluding hydrogens is 252 g/mol. The van der Waals surface area contributed by atoms with Gasteiger partial charge in [0.25, 0.3) is 0 Å². The first-order valence-corrected chi connectivity index (χ1v) is 7.59. The van der Waals surface area contributed by atoms with Crippen molar-refractivity contribution >= 4 is 0 Å². The average molecular weight is 278 g/mol. The standard InChI is InChI=1S/C16H26N2O2/c1-3-19-16(20-4-2)15(18-17)14-10-8-13(9-11-14)12-6-5-7-12/h8-12,15-16,18H,3-7,17H2,1-2H3. The van der Waals surface area contributed by atoms with E-state index in [0.29, 0.717) is 13.2 Å². The van der Waals surface area contributed by atoms with Crippen molar-refractivity contribution in [2.45, 2.75) is 51.4 Å². The first kappa shape index (κ1) is 15.4. The maximum Gasteiger partial charge on any atom is 0.178 e. The smallest absolute Gasteiger partial charge is 0.178 e. The van der Waals surface area contributed by atoms with E-state index in [2.05, 4.69) is 29.7 Å².